The van der Waals surface area contributed by atoms with E-state index >= 15 is 0 Å². The van der Waals surface area contributed by atoms with Gasteiger partial charge in [0.05, 0.1) is 38.8 Å². The number of amides is 1. The van der Waals surface area contributed by atoms with Crippen LogP contribution in [0.15, 0.2) is 45.5 Å². The van der Waals surface area contributed by atoms with Crippen LogP contribution in [0.25, 0.3) is 11.6 Å². The third kappa shape index (κ3) is 3.84. The second-order valence-electron chi connectivity index (χ2n) is 6.16. The van der Waals surface area contributed by atoms with E-state index in [1.165, 1.54) is 0 Å². The summed E-state index contributed by atoms with van der Waals surface area (Å²) in [6.07, 6.45) is 1.55. The van der Waals surface area contributed by atoms with Crippen LogP contribution in [0, 0.1) is 0 Å². The average molecular weight is 384 g/mol. The van der Waals surface area contributed by atoms with Gasteiger partial charge in [0.2, 0.25) is 11.7 Å². The van der Waals surface area contributed by atoms with E-state index < -0.39 is 0 Å². The Kier molecular flexibility index (Phi) is 5.24. The Morgan fingerprint density at radius 2 is 2.14 bits per heavy atom. The van der Waals surface area contributed by atoms with Crippen LogP contribution in [0.3, 0.4) is 0 Å². The number of nitrogens with zero attached hydrogens (tertiary/aromatic N) is 3. The Bertz CT molecular complexity index is 932. The van der Waals surface area contributed by atoms with E-state index in [0.717, 1.165) is 0 Å². The first-order chi connectivity index (χ1) is 13.7. The summed E-state index contributed by atoms with van der Waals surface area (Å²) in [5.74, 6) is 1.88. The molecule has 0 aliphatic carbocycles. The number of hydrogen-bond acceptors (Lipinski definition) is 8. The van der Waals surface area contributed by atoms with Crippen molar-refractivity contribution in [2.45, 2.75) is 6.54 Å². The molecule has 146 valence electrons. The Balaban J connectivity index is 1.48. The third-order valence-corrected chi connectivity index (χ3v) is 4.38. The van der Waals surface area contributed by atoms with Crippen molar-refractivity contribution in [2.75, 3.05) is 38.7 Å². The molecule has 3 aromatic rings. The van der Waals surface area contributed by atoms with Crippen molar-refractivity contribution in [2.24, 2.45) is 0 Å². The minimum absolute atomic E-state index is 0.0353. The lowest BCUT2D eigenvalue weighted by atomic mass is 10.1. The van der Waals surface area contributed by atoms with Crippen LogP contribution < -0.4 is 10.1 Å². The monoisotopic (exact) mass is 384 g/mol. The van der Waals surface area contributed by atoms with Crippen molar-refractivity contribution in [1.82, 2.24) is 15.0 Å². The number of rotatable bonds is 6. The normalized spacial score (nSPS) is 14.1. The zero-order valence-electron chi connectivity index (χ0n) is 15.4. The van der Waals surface area contributed by atoms with Gasteiger partial charge >= 0.3 is 0 Å². The predicted octanol–water partition coefficient (Wildman–Crippen LogP) is 2.42. The van der Waals surface area contributed by atoms with E-state index in [1.54, 1.807) is 48.6 Å². The highest BCUT2D eigenvalue weighted by molar-refractivity contribution is 5.95. The van der Waals surface area contributed by atoms with E-state index in [0.29, 0.717) is 60.8 Å². The standard InChI is InChI=1S/C19H20N4O5/c1-25-15-5-4-13(19(24)23-6-9-26-10-7-23)11-14(15)20-12-17-21-18(22-28-17)16-3-2-8-27-16/h2-5,8,11,20H,6-7,9-10,12H2,1H3. The summed E-state index contributed by atoms with van der Waals surface area (Å²) < 4.78 is 21.2. The first kappa shape index (κ1) is 18.1. The van der Waals surface area contributed by atoms with Crippen LogP contribution in [0.5, 0.6) is 5.75 Å². The Labute approximate surface area is 161 Å². The molecule has 0 atom stereocenters. The molecule has 0 spiro atoms. The molecule has 0 bridgehead atoms. The summed E-state index contributed by atoms with van der Waals surface area (Å²) >= 11 is 0. The summed E-state index contributed by atoms with van der Waals surface area (Å²) in [5.41, 5.74) is 1.24. The zero-order chi connectivity index (χ0) is 19.3. The topological polar surface area (TPSA) is 103 Å². The molecule has 0 saturated carbocycles. The van der Waals surface area contributed by atoms with E-state index in [2.05, 4.69) is 15.5 Å². The predicted molar refractivity (Wildman–Crippen MR) is 99.0 cm³/mol. The van der Waals surface area contributed by atoms with Crippen molar-refractivity contribution in [1.29, 1.82) is 0 Å². The SMILES string of the molecule is COc1ccc(C(=O)N2CCOCC2)cc1NCc1nc(-c2ccco2)no1. The molecular weight excluding hydrogens is 364 g/mol. The minimum atomic E-state index is -0.0353. The quantitative estimate of drug-likeness (QED) is 0.691. The number of hydrogen-bond donors (Lipinski definition) is 1. The van der Waals surface area contributed by atoms with Gasteiger partial charge in [0.1, 0.15) is 5.75 Å². The van der Waals surface area contributed by atoms with Crippen molar-refractivity contribution < 1.29 is 23.2 Å². The number of morpholine rings is 1. The second-order valence-corrected chi connectivity index (χ2v) is 6.16. The molecule has 4 rings (SSSR count). The van der Waals surface area contributed by atoms with Crippen molar-refractivity contribution in [3.63, 3.8) is 0 Å². The molecule has 1 fully saturated rings. The van der Waals surface area contributed by atoms with Crippen molar-refractivity contribution >= 4 is 11.6 Å². The highest BCUT2D eigenvalue weighted by atomic mass is 16.5. The maximum absolute atomic E-state index is 12.7. The molecule has 1 aliphatic heterocycles. The number of methoxy groups -OCH3 is 1. The van der Waals surface area contributed by atoms with Gasteiger partial charge in [0.25, 0.3) is 5.91 Å². The lowest BCUT2D eigenvalue weighted by Crippen LogP contribution is -2.40. The number of furan rings is 1. The molecule has 1 aromatic carbocycles. The first-order valence-electron chi connectivity index (χ1n) is 8.90. The number of benzene rings is 1. The number of aromatic nitrogens is 2. The van der Waals surface area contributed by atoms with Crippen molar-refractivity contribution in [3.8, 4) is 17.3 Å². The summed E-state index contributed by atoms with van der Waals surface area (Å²) in [7, 11) is 1.58. The maximum Gasteiger partial charge on any atom is 0.254 e. The summed E-state index contributed by atoms with van der Waals surface area (Å²) in [6.45, 7) is 2.57. The fourth-order valence-electron chi connectivity index (χ4n) is 2.93. The second kappa shape index (κ2) is 8.13. The first-order valence-corrected chi connectivity index (χ1v) is 8.90. The molecular formula is C19H20N4O5. The molecule has 0 unspecified atom stereocenters. The van der Waals surface area contributed by atoms with Gasteiger partial charge in [0.15, 0.2) is 5.76 Å². The van der Waals surface area contributed by atoms with Gasteiger partial charge in [-0.3, -0.25) is 4.79 Å². The zero-order valence-corrected chi connectivity index (χ0v) is 15.4. The summed E-state index contributed by atoms with van der Waals surface area (Å²) in [5, 5.41) is 7.09. The van der Waals surface area contributed by atoms with Gasteiger partial charge in [-0.15, -0.1) is 0 Å². The molecule has 0 radical (unpaired) electrons. The van der Waals surface area contributed by atoms with E-state index in [-0.39, 0.29) is 12.5 Å². The molecule has 2 aromatic heterocycles. The molecule has 1 amide bonds. The van der Waals surface area contributed by atoms with Crippen LogP contribution in [-0.2, 0) is 11.3 Å². The molecule has 1 saturated heterocycles. The highest BCUT2D eigenvalue weighted by Crippen LogP contribution is 2.27. The smallest absolute Gasteiger partial charge is 0.254 e. The van der Waals surface area contributed by atoms with Crippen LogP contribution in [-0.4, -0.2) is 54.4 Å². The average Bonchev–Trinajstić information content (AvgIpc) is 3.44. The van der Waals surface area contributed by atoms with Gasteiger partial charge in [-0.25, -0.2) is 0 Å². The molecule has 3 heterocycles. The molecule has 9 heteroatoms. The Morgan fingerprint density at radius 1 is 1.29 bits per heavy atom. The van der Waals surface area contributed by atoms with Crippen LogP contribution in [0.4, 0.5) is 5.69 Å². The number of nitrogens with one attached hydrogen (secondary N) is 1. The summed E-state index contributed by atoms with van der Waals surface area (Å²) in [4.78, 5) is 18.8. The van der Waals surface area contributed by atoms with Gasteiger partial charge in [0, 0.05) is 18.7 Å². The van der Waals surface area contributed by atoms with Crippen molar-refractivity contribution in [3.05, 3.63) is 48.0 Å². The van der Waals surface area contributed by atoms with Crippen LogP contribution in [0.2, 0.25) is 0 Å². The molecule has 1 N–H and O–H groups in total. The fraction of sp³-hybridized carbons (Fsp3) is 0.316. The van der Waals surface area contributed by atoms with Gasteiger partial charge in [-0.05, 0) is 30.3 Å². The third-order valence-electron chi connectivity index (χ3n) is 4.38. The minimum Gasteiger partial charge on any atom is -0.495 e. The Hall–Kier alpha value is -3.33. The maximum atomic E-state index is 12.7. The van der Waals surface area contributed by atoms with Crippen LogP contribution in [0.1, 0.15) is 16.2 Å². The molecule has 9 nitrogen and oxygen atoms in total. The van der Waals surface area contributed by atoms with Gasteiger partial charge in [-0.1, -0.05) is 5.16 Å². The number of ether oxygens (including phenoxy) is 2. The number of anilines is 1. The molecule has 28 heavy (non-hydrogen) atoms. The lowest BCUT2D eigenvalue weighted by molar-refractivity contribution is 0.0303. The highest BCUT2D eigenvalue weighted by Gasteiger charge is 2.20. The Morgan fingerprint density at radius 3 is 2.89 bits per heavy atom. The lowest BCUT2D eigenvalue weighted by Gasteiger charge is -2.27. The van der Waals surface area contributed by atoms with E-state index in [9.17, 15) is 4.79 Å². The number of carbonyl (C=O) groups excluding carboxylic acids is 1. The summed E-state index contributed by atoms with van der Waals surface area (Å²) in [6, 6.07) is 8.79. The van der Waals surface area contributed by atoms with Gasteiger partial charge < -0.3 is 28.6 Å². The molecule has 1 aliphatic rings. The van der Waals surface area contributed by atoms with Gasteiger partial charge in [-0.2, -0.15) is 4.98 Å². The largest absolute Gasteiger partial charge is 0.495 e. The fourth-order valence-corrected chi connectivity index (χ4v) is 2.93. The van der Waals surface area contributed by atoms with E-state index in [1.807, 2.05) is 0 Å². The van der Waals surface area contributed by atoms with Crippen LogP contribution >= 0.6 is 0 Å². The number of carbonyl (C=O) groups is 1. The van der Waals surface area contributed by atoms with E-state index in [4.69, 9.17) is 18.4 Å².